The number of para-hydroxylation sites is 1. The molecular weight excluding hydrogens is 375 g/mol. The molecule has 3 aromatic rings. The summed E-state index contributed by atoms with van der Waals surface area (Å²) in [7, 11) is 1.54. The summed E-state index contributed by atoms with van der Waals surface area (Å²) in [4.78, 5) is 12.4. The van der Waals surface area contributed by atoms with Gasteiger partial charge in [0.15, 0.2) is 0 Å². The first-order valence-corrected chi connectivity index (χ1v) is 8.21. The van der Waals surface area contributed by atoms with Crippen LogP contribution in [0.5, 0.6) is 5.75 Å². The Kier molecular flexibility index (Phi) is 4.17. The summed E-state index contributed by atoms with van der Waals surface area (Å²) in [5, 5.41) is 15.9. The highest BCUT2D eigenvalue weighted by Crippen LogP contribution is 2.40. The Hall–Kier alpha value is -3.56. The van der Waals surface area contributed by atoms with Crippen LogP contribution >= 0.6 is 0 Å². The summed E-state index contributed by atoms with van der Waals surface area (Å²) < 4.78 is 45.2. The van der Waals surface area contributed by atoms with Crippen LogP contribution in [0.1, 0.15) is 27.8 Å². The second-order valence-electron chi connectivity index (χ2n) is 6.06. The molecule has 28 heavy (non-hydrogen) atoms. The van der Waals surface area contributed by atoms with E-state index >= 15 is 0 Å². The second-order valence-corrected chi connectivity index (χ2v) is 6.06. The average molecular weight is 389 g/mol. The zero-order valence-electron chi connectivity index (χ0n) is 14.5. The van der Waals surface area contributed by atoms with Gasteiger partial charge in [0.25, 0.3) is 5.91 Å². The Morgan fingerprint density at radius 3 is 2.46 bits per heavy atom. The van der Waals surface area contributed by atoms with Gasteiger partial charge in [0, 0.05) is 5.56 Å². The van der Waals surface area contributed by atoms with Crippen LogP contribution in [0.2, 0.25) is 0 Å². The van der Waals surface area contributed by atoms with Crippen molar-refractivity contribution in [1.82, 2.24) is 20.7 Å². The molecule has 0 fully saturated rings. The predicted octanol–water partition coefficient (Wildman–Crippen LogP) is 3.35. The van der Waals surface area contributed by atoms with E-state index in [-0.39, 0.29) is 16.9 Å². The summed E-state index contributed by atoms with van der Waals surface area (Å²) in [5.41, 5.74) is 0.0392. The van der Waals surface area contributed by atoms with E-state index in [1.807, 2.05) is 0 Å². The summed E-state index contributed by atoms with van der Waals surface area (Å²) in [6.45, 7) is 0. The molecule has 7 nitrogen and oxygen atoms in total. The van der Waals surface area contributed by atoms with Crippen molar-refractivity contribution >= 4 is 11.6 Å². The third-order valence-electron chi connectivity index (χ3n) is 4.39. The maximum absolute atomic E-state index is 13.4. The number of hydrogen-bond acceptors (Lipinski definition) is 5. The van der Waals surface area contributed by atoms with Crippen LogP contribution in [-0.2, 0) is 6.18 Å². The average Bonchev–Trinajstić information content (AvgIpc) is 3.16. The molecule has 1 aliphatic heterocycles. The maximum atomic E-state index is 13.4. The van der Waals surface area contributed by atoms with Gasteiger partial charge in [-0.1, -0.05) is 6.07 Å². The van der Waals surface area contributed by atoms with Crippen molar-refractivity contribution in [2.75, 3.05) is 12.4 Å². The van der Waals surface area contributed by atoms with Gasteiger partial charge in [0.1, 0.15) is 23.3 Å². The Bertz CT molecular complexity index is 1030. The fourth-order valence-electron chi connectivity index (χ4n) is 3.06. The number of carbonyl (C=O) groups excluding carboxylic acids is 1. The van der Waals surface area contributed by atoms with Gasteiger partial charge in [-0.3, -0.25) is 4.79 Å². The van der Waals surface area contributed by atoms with Gasteiger partial charge < -0.3 is 15.4 Å². The molecule has 1 amide bonds. The van der Waals surface area contributed by atoms with Crippen molar-refractivity contribution in [3.63, 3.8) is 0 Å². The van der Waals surface area contributed by atoms with Crippen LogP contribution < -0.4 is 15.4 Å². The van der Waals surface area contributed by atoms with Crippen LogP contribution in [-0.4, -0.2) is 28.4 Å². The number of rotatable bonds is 3. The molecule has 4 rings (SSSR count). The summed E-state index contributed by atoms with van der Waals surface area (Å²) in [6, 6.07) is 10.4. The monoisotopic (exact) mass is 389 g/mol. The summed E-state index contributed by atoms with van der Waals surface area (Å²) in [5.74, 6) is 0.00941. The van der Waals surface area contributed by atoms with Crippen LogP contribution in [0.3, 0.4) is 0 Å². The number of aromatic nitrogens is 3. The molecule has 1 atom stereocenters. The van der Waals surface area contributed by atoms with Crippen LogP contribution in [0.25, 0.3) is 11.3 Å². The number of fused-ring (bicyclic) bond motifs is 1. The van der Waals surface area contributed by atoms with E-state index in [0.29, 0.717) is 17.0 Å². The maximum Gasteiger partial charge on any atom is 0.418 e. The Balaban J connectivity index is 1.74. The molecule has 1 unspecified atom stereocenters. The number of alkyl halides is 3. The summed E-state index contributed by atoms with van der Waals surface area (Å²) in [6.07, 6.45) is -5.59. The van der Waals surface area contributed by atoms with Crippen LogP contribution in [0.4, 0.5) is 18.9 Å². The highest BCUT2D eigenvalue weighted by molar-refractivity contribution is 6.02. The molecule has 0 saturated carbocycles. The van der Waals surface area contributed by atoms with Crippen molar-refractivity contribution in [3.05, 3.63) is 59.3 Å². The minimum Gasteiger partial charge on any atom is -0.497 e. The number of anilines is 1. The van der Waals surface area contributed by atoms with Crippen LogP contribution in [0.15, 0.2) is 42.5 Å². The van der Waals surface area contributed by atoms with Crippen molar-refractivity contribution < 1.29 is 22.7 Å². The number of methoxy groups -OCH3 is 1. The van der Waals surface area contributed by atoms with Crippen molar-refractivity contribution in [2.45, 2.75) is 12.3 Å². The smallest absolute Gasteiger partial charge is 0.418 e. The van der Waals surface area contributed by atoms with E-state index < -0.39 is 23.8 Å². The van der Waals surface area contributed by atoms with E-state index in [1.165, 1.54) is 19.2 Å². The van der Waals surface area contributed by atoms with Gasteiger partial charge in [-0.05, 0) is 36.4 Å². The van der Waals surface area contributed by atoms with E-state index in [0.717, 1.165) is 6.07 Å². The van der Waals surface area contributed by atoms with E-state index in [4.69, 9.17) is 4.74 Å². The number of nitrogens with zero attached hydrogens (tertiary/aromatic N) is 2. The number of aromatic amines is 1. The zero-order valence-corrected chi connectivity index (χ0v) is 14.5. The van der Waals surface area contributed by atoms with Gasteiger partial charge in [0.05, 0.1) is 23.9 Å². The first kappa shape index (κ1) is 17.8. The number of hydrogen-bond donors (Lipinski definition) is 3. The van der Waals surface area contributed by atoms with Crippen molar-refractivity contribution in [2.24, 2.45) is 0 Å². The number of amides is 1. The minimum absolute atomic E-state index is 0.0828. The molecule has 0 bridgehead atoms. The Morgan fingerprint density at radius 2 is 1.79 bits per heavy atom. The number of benzene rings is 2. The molecule has 2 heterocycles. The Labute approximate surface area is 156 Å². The SMILES string of the molecule is COc1ccc(-c2n[nH]nc2C2NC(=O)c3cccc(C(F)(F)F)c3N2)cc1. The molecule has 0 saturated heterocycles. The highest BCUT2D eigenvalue weighted by Gasteiger charge is 2.39. The van der Waals surface area contributed by atoms with Gasteiger partial charge in [-0.2, -0.15) is 28.6 Å². The molecule has 2 aromatic carbocycles. The fraction of sp³-hybridized carbons (Fsp3) is 0.167. The normalized spacial score (nSPS) is 16.1. The minimum atomic E-state index is -4.61. The second kappa shape index (κ2) is 6.55. The third kappa shape index (κ3) is 3.02. The predicted molar refractivity (Wildman–Crippen MR) is 93.6 cm³/mol. The lowest BCUT2D eigenvalue weighted by Gasteiger charge is -2.29. The zero-order chi connectivity index (χ0) is 19.9. The quantitative estimate of drug-likeness (QED) is 0.639. The molecule has 1 aromatic heterocycles. The first-order chi connectivity index (χ1) is 13.4. The molecule has 0 aliphatic carbocycles. The standard InChI is InChI=1S/C18H14F3N5O2/c1-28-10-7-5-9(6-8-10)13-15(25-26-24-13)16-22-14-11(17(27)23-16)3-2-4-12(14)18(19,20)21/h2-8,16,22H,1H3,(H,23,27)(H,24,25,26). The molecule has 0 radical (unpaired) electrons. The number of nitrogens with one attached hydrogen (secondary N) is 3. The molecule has 1 aliphatic rings. The van der Waals surface area contributed by atoms with E-state index in [9.17, 15) is 18.0 Å². The number of H-pyrrole nitrogens is 1. The lowest BCUT2D eigenvalue weighted by molar-refractivity contribution is -0.137. The van der Waals surface area contributed by atoms with Gasteiger partial charge in [-0.15, -0.1) is 0 Å². The van der Waals surface area contributed by atoms with Gasteiger partial charge >= 0.3 is 6.18 Å². The topological polar surface area (TPSA) is 91.9 Å². The lowest BCUT2D eigenvalue weighted by Crippen LogP contribution is -2.39. The van der Waals surface area contributed by atoms with E-state index in [1.54, 1.807) is 24.3 Å². The molecule has 3 N–H and O–H groups in total. The van der Waals surface area contributed by atoms with Crippen LogP contribution in [0, 0.1) is 0 Å². The van der Waals surface area contributed by atoms with Gasteiger partial charge in [0.2, 0.25) is 0 Å². The van der Waals surface area contributed by atoms with E-state index in [2.05, 4.69) is 26.0 Å². The molecular formula is C18H14F3N5O2. The lowest BCUT2D eigenvalue weighted by atomic mass is 10.0. The van der Waals surface area contributed by atoms with Gasteiger partial charge in [-0.25, -0.2) is 0 Å². The first-order valence-electron chi connectivity index (χ1n) is 8.21. The Morgan fingerprint density at radius 1 is 1.04 bits per heavy atom. The highest BCUT2D eigenvalue weighted by atomic mass is 19.4. The third-order valence-corrected chi connectivity index (χ3v) is 4.39. The largest absolute Gasteiger partial charge is 0.497 e. The van der Waals surface area contributed by atoms with Crippen molar-refractivity contribution in [3.8, 4) is 17.0 Å². The number of carbonyl (C=O) groups is 1. The molecule has 10 heteroatoms. The summed E-state index contributed by atoms with van der Waals surface area (Å²) >= 11 is 0. The number of ether oxygens (including phenoxy) is 1. The molecule has 0 spiro atoms. The number of halogens is 3. The molecule has 144 valence electrons. The van der Waals surface area contributed by atoms with Crippen molar-refractivity contribution in [1.29, 1.82) is 0 Å². The fourth-order valence-corrected chi connectivity index (χ4v) is 3.06.